The summed E-state index contributed by atoms with van der Waals surface area (Å²) in [7, 11) is 0. The fourth-order valence-corrected chi connectivity index (χ4v) is 5.60. The second-order valence-corrected chi connectivity index (χ2v) is 10.2. The minimum Gasteiger partial charge on any atom is -0.462 e. The number of ketones is 1. The average Bonchev–Trinajstić information content (AvgIpc) is 2.93. The molecule has 1 aliphatic heterocycles. The molecule has 5 rings (SSSR count). The molecular formula is C31H27ClN2O5. The number of nitrogens with zero attached hydrogens (tertiary/aromatic N) is 1. The summed E-state index contributed by atoms with van der Waals surface area (Å²) in [5.74, 6) is -1.75. The number of nitro benzene ring substituents is 1. The first-order valence-corrected chi connectivity index (χ1v) is 13.1. The Hall–Kier alpha value is -4.23. The van der Waals surface area contributed by atoms with E-state index in [4.69, 9.17) is 16.3 Å². The number of carbonyl (C=O) groups is 2. The molecule has 0 bridgehead atoms. The number of halogens is 1. The molecule has 0 aromatic heterocycles. The van der Waals surface area contributed by atoms with E-state index in [9.17, 15) is 19.7 Å². The van der Waals surface area contributed by atoms with Gasteiger partial charge in [0, 0.05) is 46.5 Å². The Kier molecular flexibility index (Phi) is 7.61. The number of Topliss-reactive ketones (excluding diaryl/α,β-unsaturated/α-hetero) is 1. The summed E-state index contributed by atoms with van der Waals surface area (Å²) in [6, 6.07) is 23.3. The van der Waals surface area contributed by atoms with Gasteiger partial charge in [-0.2, -0.15) is 0 Å². The van der Waals surface area contributed by atoms with Crippen molar-refractivity contribution in [3.63, 3.8) is 0 Å². The molecule has 0 saturated heterocycles. The molecule has 7 nitrogen and oxygen atoms in total. The third-order valence-corrected chi connectivity index (χ3v) is 7.55. The van der Waals surface area contributed by atoms with E-state index in [1.165, 1.54) is 6.07 Å². The van der Waals surface area contributed by atoms with Crippen molar-refractivity contribution in [2.24, 2.45) is 0 Å². The van der Waals surface area contributed by atoms with Crippen molar-refractivity contribution in [3.05, 3.63) is 133 Å². The van der Waals surface area contributed by atoms with Crippen LogP contribution in [-0.2, 0) is 20.7 Å². The smallest absolute Gasteiger partial charge is 0.336 e. The second kappa shape index (κ2) is 11.3. The lowest BCUT2D eigenvalue weighted by Crippen LogP contribution is -2.36. The fraction of sp³-hybridized carbons (Fsp3) is 0.226. The number of benzene rings is 3. The highest BCUT2D eigenvalue weighted by molar-refractivity contribution is 6.30. The zero-order valence-corrected chi connectivity index (χ0v) is 22.1. The van der Waals surface area contributed by atoms with Gasteiger partial charge >= 0.3 is 5.97 Å². The van der Waals surface area contributed by atoms with Gasteiger partial charge < -0.3 is 10.1 Å². The Balaban J connectivity index is 1.52. The summed E-state index contributed by atoms with van der Waals surface area (Å²) in [5, 5.41) is 15.9. The van der Waals surface area contributed by atoms with E-state index >= 15 is 0 Å². The first-order chi connectivity index (χ1) is 18.8. The highest BCUT2D eigenvalue weighted by Crippen LogP contribution is 2.47. The van der Waals surface area contributed by atoms with Gasteiger partial charge in [-0.05, 0) is 42.5 Å². The molecule has 8 heteroatoms. The number of hydrogen-bond acceptors (Lipinski definition) is 6. The zero-order chi connectivity index (χ0) is 27.5. The Morgan fingerprint density at radius 2 is 1.72 bits per heavy atom. The number of ether oxygens (including phenoxy) is 1. The molecule has 0 amide bonds. The lowest BCUT2D eigenvalue weighted by Gasteiger charge is -2.36. The minimum atomic E-state index is -0.911. The summed E-state index contributed by atoms with van der Waals surface area (Å²) in [6.07, 6.45) is 1.26. The SMILES string of the molecule is CC1=C(C(=O)OCCc2ccccc2)[C@@H](c2ccccc2[N+](=O)[O-])C2=C(C[C@H](c3ccc(Cl)cc3)CC2=O)N1. The van der Waals surface area contributed by atoms with Crippen molar-refractivity contribution in [1.82, 2.24) is 5.32 Å². The molecule has 3 aromatic carbocycles. The van der Waals surface area contributed by atoms with E-state index in [0.29, 0.717) is 40.4 Å². The van der Waals surface area contributed by atoms with E-state index in [-0.39, 0.29) is 36.0 Å². The van der Waals surface area contributed by atoms with Crippen LogP contribution < -0.4 is 5.32 Å². The van der Waals surface area contributed by atoms with Gasteiger partial charge in [-0.15, -0.1) is 0 Å². The van der Waals surface area contributed by atoms with Crippen LogP contribution in [0.2, 0.25) is 5.02 Å². The van der Waals surface area contributed by atoms with Crippen LogP contribution in [0.3, 0.4) is 0 Å². The quantitative estimate of drug-likeness (QED) is 0.211. The molecule has 1 N–H and O–H groups in total. The Bertz CT molecular complexity index is 1490. The largest absolute Gasteiger partial charge is 0.462 e. The number of nitro groups is 1. The van der Waals surface area contributed by atoms with Crippen molar-refractivity contribution in [2.75, 3.05) is 6.61 Å². The van der Waals surface area contributed by atoms with Crippen molar-refractivity contribution in [1.29, 1.82) is 0 Å². The third kappa shape index (κ3) is 5.49. The van der Waals surface area contributed by atoms with Crippen LogP contribution in [0.4, 0.5) is 5.69 Å². The maximum Gasteiger partial charge on any atom is 0.336 e. The van der Waals surface area contributed by atoms with Gasteiger partial charge in [0.1, 0.15) is 0 Å². The molecule has 1 heterocycles. The molecule has 198 valence electrons. The summed E-state index contributed by atoms with van der Waals surface area (Å²) in [4.78, 5) is 38.8. The fourth-order valence-electron chi connectivity index (χ4n) is 5.47. The Morgan fingerprint density at radius 3 is 2.44 bits per heavy atom. The molecule has 3 aromatic rings. The van der Waals surface area contributed by atoms with E-state index in [1.54, 1.807) is 37.3 Å². The number of hydrogen-bond donors (Lipinski definition) is 1. The molecule has 2 aliphatic rings. The molecule has 0 radical (unpaired) electrons. The first-order valence-electron chi connectivity index (χ1n) is 12.8. The highest BCUT2D eigenvalue weighted by atomic mass is 35.5. The number of nitrogens with one attached hydrogen (secondary N) is 1. The molecule has 0 unspecified atom stereocenters. The van der Waals surface area contributed by atoms with Gasteiger partial charge in [0.2, 0.25) is 0 Å². The van der Waals surface area contributed by atoms with Crippen molar-refractivity contribution < 1.29 is 19.2 Å². The molecular weight excluding hydrogens is 516 g/mol. The van der Waals surface area contributed by atoms with E-state index < -0.39 is 16.8 Å². The minimum absolute atomic E-state index is 0.0837. The van der Waals surface area contributed by atoms with Crippen LogP contribution >= 0.6 is 11.6 Å². The van der Waals surface area contributed by atoms with Crippen molar-refractivity contribution in [3.8, 4) is 0 Å². The Labute approximate surface area is 231 Å². The lowest BCUT2D eigenvalue weighted by molar-refractivity contribution is -0.385. The standard InChI is InChI=1S/C31H27ClN2O5/c1-19-28(31(36)39-16-15-20-7-3-2-4-8-20)29(24-9-5-6-10-26(24)34(37)38)30-25(33-19)17-22(18-27(30)35)21-11-13-23(32)14-12-21/h2-14,22,29,33H,15-18H2,1H3/t22-,29+/m0/s1. The summed E-state index contributed by atoms with van der Waals surface area (Å²) >= 11 is 6.06. The number of rotatable bonds is 7. The van der Waals surface area contributed by atoms with E-state index in [2.05, 4.69) is 5.32 Å². The van der Waals surface area contributed by atoms with Crippen LogP contribution in [0, 0.1) is 10.1 Å². The van der Waals surface area contributed by atoms with Gasteiger partial charge in [-0.1, -0.05) is 72.3 Å². The summed E-state index contributed by atoms with van der Waals surface area (Å²) in [6.45, 7) is 1.89. The summed E-state index contributed by atoms with van der Waals surface area (Å²) < 4.78 is 5.67. The van der Waals surface area contributed by atoms with Crippen molar-refractivity contribution in [2.45, 2.75) is 38.0 Å². The molecule has 0 spiro atoms. The maximum absolute atomic E-state index is 13.7. The number of carbonyl (C=O) groups excluding carboxylic acids is 2. The number of allylic oxidation sites excluding steroid dienone is 3. The first kappa shape index (κ1) is 26.4. The van der Waals surface area contributed by atoms with Crippen molar-refractivity contribution >= 4 is 29.0 Å². The number of dihydropyridines is 1. The molecule has 2 atom stereocenters. The highest BCUT2D eigenvalue weighted by Gasteiger charge is 2.43. The zero-order valence-electron chi connectivity index (χ0n) is 21.4. The molecule has 1 aliphatic carbocycles. The average molecular weight is 543 g/mol. The molecule has 0 fully saturated rings. The molecule has 0 saturated carbocycles. The topological polar surface area (TPSA) is 98.5 Å². The van der Waals surface area contributed by atoms with E-state index in [0.717, 1.165) is 11.1 Å². The van der Waals surface area contributed by atoms with Crippen LogP contribution in [0.1, 0.15) is 48.3 Å². The predicted octanol–water partition coefficient (Wildman–Crippen LogP) is 6.40. The van der Waals surface area contributed by atoms with Crippen LogP contribution in [0.15, 0.2) is 101 Å². The normalized spacial score (nSPS) is 18.9. The van der Waals surface area contributed by atoms with Crippen LogP contribution in [-0.4, -0.2) is 23.3 Å². The van der Waals surface area contributed by atoms with Gasteiger partial charge in [0.15, 0.2) is 5.78 Å². The second-order valence-electron chi connectivity index (χ2n) is 9.76. The lowest BCUT2D eigenvalue weighted by atomic mass is 9.71. The van der Waals surface area contributed by atoms with Gasteiger partial charge in [0.05, 0.1) is 23.0 Å². The van der Waals surface area contributed by atoms with Gasteiger partial charge in [-0.25, -0.2) is 4.79 Å². The monoisotopic (exact) mass is 542 g/mol. The predicted molar refractivity (Wildman–Crippen MR) is 148 cm³/mol. The Morgan fingerprint density at radius 1 is 1.03 bits per heavy atom. The number of para-hydroxylation sites is 1. The third-order valence-electron chi connectivity index (χ3n) is 7.30. The maximum atomic E-state index is 13.7. The van der Waals surface area contributed by atoms with Gasteiger partial charge in [-0.3, -0.25) is 14.9 Å². The number of esters is 1. The summed E-state index contributed by atoms with van der Waals surface area (Å²) in [5.41, 5.74) is 3.95. The van der Waals surface area contributed by atoms with Gasteiger partial charge in [0.25, 0.3) is 5.69 Å². The van der Waals surface area contributed by atoms with Crippen LogP contribution in [0.5, 0.6) is 0 Å². The van der Waals surface area contributed by atoms with E-state index in [1.807, 2.05) is 42.5 Å². The molecule has 39 heavy (non-hydrogen) atoms. The van der Waals surface area contributed by atoms with Crippen LogP contribution in [0.25, 0.3) is 0 Å².